The van der Waals surface area contributed by atoms with Gasteiger partial charge in [-0.1, -0.05) is 49.4 Å². The predicted octanol–water partition coefficient (Wildman–Crippen LogP) is 5.48. The fourth-order valence-corrected chi connectivity index (χ4v) is 8.07. The quantitative estimate of drug-likeness (QED) is 0.212. The van der Waals surface area contributed by atoms with Crippen molar-refractivity contribution in [1.82, 2.24) is 19.8 Å². The van der Waals surface area contributed by atoms with Crippen LogP contribution in [0.15, 0.2) is 61.2 Å². The molecule has 2 fully saturated rings. The molecule has 2 amide bonds. The lowest BCUT2D eigenvalue weighted by molar-refractivity contribution is -0.128. The largest absolute Gasteiger partial charge is 0.508 e. The first-order valence-electron chi connectivity index (χ1n) is 18.0. The van der Waals surface area contributed by atoms with Gasteiger partial charge in [-0.05, 0) is 54.5 Å². The highest BCUT2D eigenvalue weighted by Gasteiger charge is 2.34. The van der Waals surface area contributed by atoms with Crippen molar-refractivity contribution in [1.29, 1.82) is 5.26 Å². The van der Waals surface area contributed by atoms with Gasteiger partial charge >= 0.3 is 6.01 Å². The monoisotopic (exact) mass is 735 g/mol. The summed E-state index contributed by atoms with van der Waals surface area (Å²) in [5, 5.41) is 32.9. The Labute approximate surface area is 313 Å². The molecule has 1 unspecified atom stereocenters. The van der Waals surface area contributed by atoms with Gasteiger partial charge in [-0.3, -0.25) is 9.59 Å². The van der Waals surface area contributed by atoms with Crippen LogP contribution in [-0.4, -0.2) is 93.7 Å². The molecule has 0 radical (unpaired) electrons. The molecule has 3 aliphatic rings. The van der Waals surface area contributed by atoms with Crippen LogP contribution in [0.4, 0.5) is 11.5 Å². The third-order valence-electron chi connectivity index (χ3n) is 10.6. The Kier molecular flexibility index (Phi) is 10.3. The number of piperazine rings is 1. The molecule has 13 heteroatoms. The highest BCUT2D eigenvalue weighted by Crippen LogP contribution is 2.38. The van der Waals surface area contributed by atoms with Gasteiger partial charge in [0, 0.05) is 67.9 Å². The van der Waals surface area contributed by atoms with Crippen LogP contribution in [0, 0.1) is 17.2 Å². The first-order valence-corrected chi connectivity index (χ1v) is 18.4. The van der Waals surface area contributed by atoms with Crippen LogP contribution in [0.1, 0.15) is 46.9 Å². The Morgan fingerprint density at radius 2 is 1.87 bits per heavy atom. The van der Waals surface area contributed by atoms with E-state index in [1.807, 2.05) is 25.1 Å². The third-order valence-corrected chi connectivity index (χ3v) is 10.9. The number of rotatable bonds is 9. The number of anilines is 2. The van der Waals surface area contributed by atoms with Crippen molar-refractivity contribution in [2.45, 2.75) is 45.2 Å². The lowest BCUT2D eigenvalue weighted by Crippen LogP contribution is -2.55. The number of fused-ring (bicyclic) bond motifs is 2. The van der Waals surface area contributed by atoms with E-state index in [1.54, 1.807) is 15.9 Å². The summed E-state index contributed by atoms with van der Waals surface area (Å²) in [5.41, 5.74) is 3.63. The molecule has 12 nitrogen and oxygen atoms in total. The van der Waals surface area contributed by atoms with Crippen LogP contribution in [0.2, 0.25) is 5.02 Å². The number of amides is 2. The van der Waals surface area contributed by atoms with Crippen molar-refractivity contribution in [2.75, 3.05) is 55.7 Å². The summed E-state index contributed by atoms with van der Waals surface area (Å²) in [6.45, 7) is 9.35. The number of likely N-dealkylation sites (tertiary alicyclic amines) is 1. The van der Waals surface area contributed by atoms with Crippen LogP contribution < -0.4 is 14.5 Å². The summed E-state index contributed by atoms with van der Waals surface area (Å²) < 4.78 is 6.34. The van der Waals surface area contributed by atoms with Gasteiger partial charge in [-0.2, -0.15) is 15.2 Å². The molecule has 2 atom stereocenters. The molecular weight excluding hydrogens is 694 g/mol. The van der Waals surface area contributed by atoms with Gasteiger partial charge in [0.15, 0.2) is 0 Å². The molecule has 4 heterocycles. The fraction of sp³-hybridized carbons (Fsp3) is 0.375. The molecule has 0 bridgehead atoms. The van der Waals surface area contributed by atoms with E-state index in [2.05, 4.69) is 40.6 Å². The number of aromatic hydroxyl groups is 2. The Hall–Kier alpha value is -5.54. The SMILES string of the molecule is C=CC(=O)N1CCN(c2nc(OCC3CCN(C(=O)c4cc(CC)c(O)cc4O)C3)nc3c2CCN(c2cccc4cccc(Cl)c24)C3)C[C@@H]1CC#N. The number of carbonyl (C=O) groups is 2. The van der Waals surface area contributed by atoms with E-state index in [-0.39, 0.29) is 59.9 Å². The molecule has 4 aromatic rings. The molecule has 0 saturated carbocycles. The molecule has 53 heavy (non-hydrogen) atoms. The van der Waals surface area contributed by atoms with E-state index in [9.17, 15) is 25.1 Å². The second-order valence-corrected chi connectivity index (χ2v) is 14.2. The maximum Gasteiger partial charge on any atom is 0.318 e. The Morgan fingerprint density at radius 3 is 2.64 bits per heavy atom. The first-order chi connectivity index (χ1) is 25.7. The topological polar surface area (TPSA) is 146 Å². The minimum Gasteiger partial charge on any atom is -0.508 e. The standard InChI is InChI=1S/C40H42ClN7O5/c1-3-26-19-30(35(50)20-34(26)49)39(52)47-15-12-25(21-47)24-53-40-43-32-23-45(33-10-6-8-27-7-5-9-31(41)37(27)33)16-13-29(32)38(44-40)46-17-18-48(36(51)4-2)28(22-46)11-14-42/h4-10,19-20,25,28,49-50H,2-3,11-13,15-18,21-24H2,1H3/t25?,28-/m0/s1. The highest BCUT2D eigenvalue weighted by atomic mass is 35.5. The number of phenols is 2. The van der Waals surface area contributed by atoms with Crippen molar-refractivity contribution in [3.8, 4) is 23.6 Å². The van der Waals surface area contributed by atoms with Gasteiger partial charge in [0.1, 0.15) is 17.3 Å². The van der Waals surface area contributed by atoms with E-state index >= 15 is 0 Å². The Balaban J connectivity index is 1.15. The van der Waals surface area contributed by atoms with Gasteiger partial charge in [-0.25, -0.2) is 0 Å². The molecular formula is C40H42ClN7O5. The Bertz CT molecular complexity index is 2110. The van der Waals surface area contributed by atoms with Gasteiger partial charge in [0.2, 0.25) is 5.91 Å². The second kappa shape index (κ2) is 15.2. The fourth-order valence-electron chi connectivity index (χ4n) is 7.79. The summed E-state index contributed by atoms with van der Waals surface area (Å²) in [4.78, 5) is 43.8. The van der Waals surface area contributed by atoms with E-state index in [0.29, 0.717) is 75.7 Å². The lowest BCUT2D eigenvalue weighted by atomic mass is 10.0. The van der Waals surface area contributed by atoms with Crippen molar-refractivity contribution in [2.24, 2.45) is 5.92 Å². The normalized spacial score (nSPS) is 18.5. The number of benzene rings is 3. The first kappa shape index (κ1) is 35.8. The number of ether oxygens (including phenoxy) is 1. The smallest absolute Gasteiger partial charge is 0.318 e. The van der Waals surface area contributed by atoms with Gasteiger partial charge in [0.05, 0.1) is 48.0 Å². The number of carbonyl (C=O) groups excluding carboxylic acids is 2. The molecule has 3 aliphatic heterocycles. The van der Waals surface area contributed by atoms with Crippen molar-refractivity contribution >= 4 is 45.7 Å². The van der Waals surface area contributed by atoms with E-state index < -0.39 is 0 Å². The molecule has 0 aliphatic carbocycles. The lowest BCUT2D eigenvalue weighted by Gasteiger charge is -2.42. The number of hydrogen-bond acceptors (Lipinski definition) is 10. The Morgan fingerprint density at radius 1 is 1.06 bits per heavy atom. The molecule has 1 aromatic heterocycles. The maximum atomic E-state index is 13.4. The number of aryl methyl sites for hydroxylation is 1. The van der Waals surface area contributed by atoms with E-state index in [1.165, 1.54) is 12.1 Å². The molecule has 2 saturated heterocycles. The average molecular weight is 736 g/mol. The van der Waals surface area contributed by atoms with Crippen LogP contribution in [0.3, 0.4) is 0 Å². The number of halogens is 1. The van der Waals surface area contributed by atoms with Gasteiger partial charge < -0.3 is 34.5 Å². The molecule has 274 valence electrons. The number of hydrogen-bond donors (Lipinski definition) is 2. The summed E-state index contributed by atoms with van der Waals surface area (Å²) in [6, 6.07) is 17.0. The van der Waals surface area contributed by atoms with Gasteiger partial charge in [-0.15, -0.1) is 0 Å². The zero-order chi connectivity index (χ0) is 37.2. The average Bonchev–Trinajstić information content (AvgIpc) is 3.65. The second-order valence-electron chi connectivity index (χ2n) is 13.8. The van der Waals surface area contributed by atoms with Crippen LogP contribution >= 0.6 is 11.6 Å². The minimum atomic E-state index is -0.324. The summed E-state index contributed by atoms with van der Waals surface area (Å²) in [6.07, 6.45) is 3.37. The van der Waals surface area contributed by atoms with Gasteiger partial charge in [0.25, 0.3) is 5.91 Å². The summed E-state index contributed by atoms with van der Waals surface area (Å²) in [5.74, 6) is -0.0109. The van der Waals surface area contributed by atoms with Crippen molar-refractivity contribution < 1.29 is 24.5 Å². The van der Waals surface area contributed by atoms with Crippen LogP contribution in [0.5, 0.6) is 17.5 Å². The molecule has 7 rings (SSSR count). The summed E-state index contributed by atoms with van der Waals surface area (Å²) >= 11 is 6.73. The number of aromatic nitrogens is 2. The molecule has 3 aromatic carbocycles. The third kappa shape index (κ3) is 7.13. The predicted molar refractivity (Wildman–Crippen MR) is 203 cm³/mol. The van der Waals surface area contributed by atoms with Crippen LogP contribution in [0.25, 0.3) is 10.8 Å². The molecule has 0 spiro atoms. The summed E-state index contributed by atoms with van der Waals surface area (Å²) in [7, 11) is 0. The number of nitriles is 1. The number of nitrogens with zero attached hydrogens (tertiary/aromatic N) is 7. The van der Waals surface area contributed by atoms with Crippen molar-refractivity contribution in [3.63, 3.8) is 0 Å². The maximum absolute atomic E-state index is 13.4. The minimum absolute atomic E-state index is 0.00901. The van der Waals surface area contributed by atoms with E-state index in [0.717, 1.165) is 33.5 Å². The van der Waals surface area contributed by atoms with Crippen molar-refractivity contribution in [3.05, 3.63) is 88.6 Å². The number of phenolic OH excluding ortho intramolecular Hbond substituents is 2. The zero-order valence-corrected chi connectivity index (χ0v) is 30.4. The van der Waals surface area contributed by atoms with Crippen LogP contribution in [-0.2, 0) is 24.2 Å². The molecule has 2 N–H and O–H groups in total. The highest BCUT2D eigenvalue weighted by molar-refractivity contribution is 6.36. The zero-order valence-electron chi connectivity index (χ0n) is 29.7. The van der Waals surface area contributed by atoms with E-state index in [4.69, 9.17) is 26.3 Å².